The molecule has 1 aromatic rings. The van der Waals surface area contributed by atoms with E-state index in [0.717, 1.165) is 0 Å². The van der Waals surface area contributed by atoms with Crippen molar-refractivity contribution in [3.8, 4) is 0 Å². The Hall–Kier alpha value is -0.490. The predicted octanol–water partition coefficient (Wildman–Crippen LogP) is 3.01. The standard InChI is InChI=1S/C10H10Cl2F3NO/c11-7-2-1-3-8(12)6(7)4-16-5-9(17)10(13,14)15/h1-3,9,16-17H,4-5H2. The summed E-state index contributed by atoms with van der Waals surface area (Å²) in [5, 5.41) is 11.9. The zero-order valence-corrected chi connectivity index (χ0v) is 10.1. The Morgan fingerprint density at radius 2 is 1.76 bits per heavy atom. The average Bonchev–Trinajstić information content (AvgIpc) is 2.20. The summed E-state index contributed by atoms with van der Waals surface area (Å²) in [7, 11) is 0. The van der Waals surface area contributed by atoms with Crippen molar-refractivity contribution >= 4 is 23.2 Å². The summed E-state index contributed by atoms with van der Waals surface area (Å²) in [5.41, 5.74) is 0.505. The molecule has 0 aromatic heterocycles. The Morgan fingerprint density at radius 3 is 2.24 bits per heavy atom. The van der Waals surface area contributed by atoms with Crippen LogP contribution in [0.2, 0.25) is 10.0 Å². The first-order chi connectivity index (χ1) is 7.82. The summed E-state index contributed by atoms with van der Waals surface area (Å²) in [4.78, 5) is 0. The summed E-state index contributed by atoms with van der Waals surface area (Å²) >= 11 is 11.7. The monoisotopic (exact) mass is 287 g/mol. The zero-order chi connectivity index (χ0) is 13.1. The summed E-state index contributed by atoms with van der Waals surface area (Å²) < 4.78 is 36.0. The summed E-state index contributed by atoms with van der Waals surface area (Å²) in [6.07, 6.45) is -7.03. The van der Waals surface area contributed by atoms with Crippen molar-refractivity contribution in [2.24, 2.45) is 0 Å². The molecule has 0 heterocycles. The Kier molecular flexibility index (Phi) is 5.06. The number of benzene rings is 1. The van der Waals surface area contributed by atoms with Gasteiger partial charge < -0.3 is 10.4 Å². The molecule has 0 aliphatic carbocycles. The Morgan fingerprint density at radius 1 is 1.24 bits per heavy atom. The predicted molar refractivity (Wildman–Crippen MR) is 60.2 cm³/mol. The maximum Gasteiger partial charge on any atom is 0.415 e. The molecule has 1 atom stereocenters. The van der Waals surface area contributed by atoms with Crippen LogP contribution in [0.15, 0.2) is 18.2 Å². The molecule has 2 nitrogen and oxygen atoms in total. The fraction of sp³-hybridized carbons (Fsp3) is 0.400. The van der Waals surface area contributed by atoms with E-state index < -0.39 is 18.8 Å². The molecule has 0 bridgehead atoms. The number of hydrogen-bond donors (Lipinski definition) is 2. The van der Waals surface area contributed by atoms with E-state index in [2.05, 4.69) is 5.32 Å². The Bertz CT molecular complexity index is 364. The molecule has 1 aromatic carbocycles. The number of aliphatic hydroxyl groups excluding tert-OH is 1. The van der Waals surface area contributed by atoms with Crippen LogP contribution in [0.1, 0.15) is 5.56 Å². The second kappa shape index (κ2) is 5.91. The van der Waals surface area contributed by atoms with Crippen LogP contribution in [0.4, 0.5) is 13.2 Å². The molecule has 0 amide bonds. The average molecular weight is 288 g/mol. The zero-order valence-electron chi connectivity index (χ0n) is 8.56. The summed E-state index contributed by atoms with van der Waals surface area (Å²) in [5.74, 6) is 0. The molecule has 0 spiro atoms. The third-order valence-electron chi connectivity index (χ3n) is 2.08. The van der Waals surface area contributed by atoms with Crippen LogP contribution in [0.3, 0.4) is 0 Å². The Balaban J connectivity index is 2.52. The van der Waals surface area contributed by atoms with Gasteiger partial charge in [0.25, 0.3) is 0 Å². The molecule has 0 radical (unpaired) electrons. The van der Waals surface area contributed by atoms with Crippen LogP contribution in [0, 0.1) is 0 Å². The first kappa shape index (κ1) is 14.6. The van der Waals surface area contributed by atoms with Gasteiger partial charge in [-0.3, -0.25) is 0 Å². The van der Waals surface area contributed by atoms with Gasteiger partial charge in [-0.25, -0.2) is 0 Å². The maximum atomic E-state index is 12.0. The van der Waals surface area contributed by atoms with E-state index in [1.165, 1.54) is 0 Å². The van der Waals surface area contributed by atoms with Gasteiger partial charge in [-0.1, -0.05) is 29.3 Å². The van der Waals surface area contributed by atoms with Gasteiger partial charge in [-0.2, -0.15) is 13.2 Å². The third kappa shape index (κ3) is 4.35. The van der Waals surface area contributed by atoms with Crippen LogP contribution in [-0.4, -0.2) is 23.9 Å². The van der Waals surface area contributed by atoms with Crippen LogP contribution in [0.25, 0.3) is 0 Å². The highest BCUT2D eigenvalue weighted by atomic mass is 35.5. The normalized spacial score (nSPS) is 13.8. The molecular weight excluding hydrogens is 278 g/mol. The van der Waals surface area contributed by atoms with Gasteiger partial charge in [0.2, 0.25) is 0 Å². The highest BCUT2D eigenvalue weighted by molar-refractivity contribution is 6.35. The fourth-order valence-corrected chi connectivity index (χ4v) is 1.68. The van der Waals surface area contributed by atoms with E-state index in [4.69, 9.17) is 28.3 Å². The molecule has 1 rings (SSSR count). The Labute approximate surface area is 106 Å². The van der Waals surface area contributed by atoms with E-state index >= 15 is 0 Å². The van der Waals surface area contributed by atoms with Gasteiger partial charge in [0.05, 0.1) is 0 Å². The molecule has 1 unspecified atom stereocenters. The highest BCUT2D eigenvalue weighted by Crippen LogP contribution is 2.24. The van der Waals surface area contributed by atoms with Crippen molar-refractivity contribution < 1.29 is 18.3 Å². The lowest BCUT2D eigenvalue weighted by molar-refractivity contribution is -0.201. The number of nitrogens with one attached hydrogen (secondary N) is 1. The third-order valence-corrected chi connectivity index (χ3v) is 2.79. The molecule has 7 heteroatoms. The number of alkyl halides is 3. The molecule has 0 aliphatic heterocycles. The molecule has 0 saturated heterocycles. The second-order valence-electron chi connectivity index (χ2n) is 3.39. The first-order valence-corrected chi connectivity index (χ1v) is 5.46. The van der Waals surface area contributed by atoms with E-state index in [9.17, 15) is 13.2 Å². The lowest BCUT2D eigenvalue weighted by atomic mass is 10.2. The largest absolute Gasteiger partial charge is 0.415 e. The van der Waals surface area contributed by atoms with Crippen molar-refractivity contribution in [2.75, 3.05) is 6.54 Å². The van der Waals surface area contributed by atoms with E-state index in [1.807, 2.05) is 0 Å². The van der Waals surface area contributed by atoms with Crippen molar-refractivity contribution in [2.45, 2.75) is 18.8 Å². The van der Waals surface area contributed by atoms with E-state index in [1.54, 1.807) is 18.2 Å². The molecule has 0 aliphatic rings. The van der Waals surface area contributed by atoms with Crippen molar-refractivity contribution in [1.29, 1.82) is 0 Å². The SMILES string of the molecule is OC(CNCc1c(Cl)cccc1Cl)C(F)(F)F. The van der Waals surface area contributed by atoms with Gasteiger partial charge in [-0.15, -0.1) is 0 Å². The van der Waals surface area contributed by atoms with Gasteiger partial charge in [0.15, 0.2) is 6.10 Å². The number of halogens is 5. The van der Waals surface area contributed by atoms with E-state index in [0.29, 0.717) is 15.6 Å². The minimum Gasteiger partial charge on any atom is -0.382 e. The van der Waals surface area contributed by atoms with Gasteiger partial charge in [0, 0.05) is 28.7 Å². The number of hydrogen-bond acceptors (Lipinski definition) is 2. The maximum absolute atomic E-state index is 12.0. The van der Waals surface area contributed by atoms with E-state index in [-0.39, 0.29) is 6.54 Å². The van der Waals surface area contributed by atoms with Crippen molar-refractivity contribution in [1.82, 2.24) is 5.32 Å². The lowest BCUT2D eigenvalue weighted by Gasteiger charge is -2.15. The molecule has 0 fully saturated rings. The summed E-state index contributed by atoms with van der Waals surface area (Å²) in [6, 6.07) is 4.81. The van der Waals surface area contributed by atoms with Crippen molar-refractivity contribution in [3.05, 3.63) is 33.8 Å². The van der Waals surface area contributed by atoms with Gasteiger partial charge in [-0.05, 0) is 12.1 Å². The highest BCUT2D eigenvalue weighted by Gasteiger charge is 2.37. The van der Waals surface area contributed by atoms with Gasteiger partial charge >= 0.3 is 6.18 Å². The first-order valence-electron chi connectivity index (χ1n) is 4.70. The minimum absolute atomic E-state index is 0.0612. The van der Waals surface area contributed by atoms with Crippen LogP contribution in [-0.2, 0) is 6.54 Å². The molecular formula is C10H10Cl2F3NO. The fourth-order valence-electron chi connectivity index (χ4n) is 1.15. The molecule has 0 saturated carbocycles. The minimum atomic E-state index is -4.63. The molecule has 2 N–H and O–H groups in total. The van der Waals surface area contributed by atoms with Crippen LogP contribution < -0.4 is 5.32 Å². The smallest absolute Gasteiger partial charge is 0.382 e. The number of aliphatic hydroxyl groups is 1. The quantitative estimate of drug-likeness (QED) is 0.892. The van der Waals surface area contributed by atoms with Crippen LogP contribution in [0.5, 0.6) is 0 Å². The van der Waals surface area contributed by atoms with Crippen molar-refractivity contribution in [3.63, 3.8) is 0 Å². The molecule has 17 heavy (non-hydrogen) atoms. The number of rotatable bonds is 4. The topological polar surface area (TPSA) is 32.3 Å². The lowest BCUT2D eigenvalue weighted by Crippen LogP contribution is -2.38. The van der Waals surface area contributed by atoms with Crippen LogP contribution >= 0.6 is 23.2 Å². The summed E-state index contributed by atoms with van der Waals surface area (Å²) in [6.45, 7) is -0.545. The second-order valence-corrected chi connectivity index (χ2v) is 4.20. The molecule has 96 valence electrons. The van der Waals surface area contributed by atoms with Gasteiger partial charge in [0.1, 0.15) is 0 Å².